The minimum atomic E-state index is -0.181. The molecule has 0 bridgehead atoms. The van der Waals surface area contributed by atoms with E-state index in [4.69, 9.17) is 4.52 Å². The lowest BCUT2D eigenvalue weighted by atomic mass is 10.1. The normalized spacial score (nSPS) is 16.0. The van der Waals surface area contributed by atoms with Crippen LogP contribution in [0.1, 0.15) is 49.1 Å². The number of rotatable bonds is 6. The lowest BCUT2D eigenvalue weighted by molar-refractivity contribution is 0.381. The number of hydrogen-bond donors (Lipinski definition) is 1. The van der Waals surface area contributed by atoms with Gasteiger partial charge in [0.15, 0.2) is 5.76 Å². The summed E-state index contributed by atoms with van der Waals surface area (Å²) in [6.07, 6.45) is 4.32. The summed E-state index contributed by atoms with van der Waals surface area (Å²) in [4.78, 5) is 0. The first-order valence-electron chi connectivity index (χ1n) is 7.60. The second-order valence-corrected chi connectivity index (χ2v) is 5.99. The van der Waals surface area contributed by atoms with E-state index >= 15 is 0 Å². The van der Waals surface area contributed by atoms with Crippen molar-refractivity contribution in [1.82, 2.24) is 5.16 Å². The van der Waals surface area contributed by atoms with Crippen molar-refractivity contribution in [2.45, 2.75) is 51.5 Å². The molecule has 112 valence electrons. The monoisotopic (exact) mass is 288 g/mol. The summed E-state index contributed by atoms with van der Waals surface area (Å²) in [5, 5.41) is 7.61. The van der Waals surface area contributed by atoms with E-state index in [1.807, 2.05) is 19.1 Å². The van der Waals surface area contributed by atoms with Crippen LogP contribution in [0.15, 0.2) is 28.8 Å². The number of aryl methyl sites for hydroxylation is 2. The second kappa shape index (κ2) is 5.88. The zero-order chi connectivity index (χ0) is 14.8. The van der Waals surface area contributed by atoms with Gasteiger partial charge in [0.2, 0.25) is 0 Å². The highest BCUT2D eigenvalue weighted by molar-refractivity contribution is 5.53. The number of halogens is 1. The van der Waals surface area contributed by atoms with Crippen molar-refractivity contribution in [3.05, 3.63) is 47.1 Å². The van der Waals surface area contributed by atoms with Crippen LogP contribution in [0.4, 0.5) is 10.1 Å². The maximum Gasteiger partial charge on any atom is 0.163 e. The number of aromatic nitrogens is 1. The molecule has 0 aliphatic heterocycles. The van der Waals surface area contributed by atoms with Crippen molar-refractivity contribution in [3.8, 4) is 0 Å². The molecule has 1 aromatic heterocycles. The number of anilines is 1. The van der Waals surface area contributed by atoms with Gasteiger partial charge in [-0.05, 0) is 57.2 Å². The van der Waals surface area contributed by atoms with Crippen LogP contribution in [0.25, 0.3) is 0 Å². The number of benzene rings is 1. The van der Waals surface area contributed by atoms with Crippen molar-refractivity contribution < 1.29 is 8.91 Å². The molecule has 0 radical (unpaired) electrons. The highest BCUT2D eigenvalue weighted by Crippen LogP contribution is 2.44. The quantitative estimate of drug-likeness (QED) is 0.854. The Kier molecular flexibility index (Phi) is 3.95. The van der Waals surface area contributed by atoms with Crippen molar-refractivity contribution in [3.63, 3.8) is 0 Å². The summed E-state index contributed by atoms with van der Waals surface area (Å²) >= 11 is 0. The van der Waals surface area contributed by atoms with Crippen molar-refractivity contribution >= 4 is 5.69 Å². The Morgan fingerprint density at radius 2 is 2.05 bits per heavy atom. The Labute approximate surface area is 124 Å². The highest BCUT2D eigenvalue weighted by atomic mass is 19.1. The summed E-state index contributed by atoms with van der Waals surface area (Å²) < 4.78 is 18.3. The predicted molar refractivity (Wildman–Crippen MR) is 81.0 cm³/mol. The lowest BCUT2D eigenvalue weighted by Gasteiger charge is -2.15. The lowest BCUT2D eigenvalue weighted by Crippen LogP contribution is -2.17. The zero-order valence-electron chi connectivity index (χ0n) is 12.5. The summed E-state index contributed by atoms with van der Waals surface area (Å²) in [7, 11) is 0. The van der Waals surface area contributed by atoms with Gasteiger partial charge in [-0.25, -0.2) is 4.39 Å². The van der Waals surface area contributed by atoms with Gasteiger partial charge in [0.25, 0.3) is 0 Å². The average molecular weight is 288 g/mol. The molecule has 0 saturated heterocycles. The van der Waals surface area contributed by atoms with E-state index in [-0.39, 0.29) is 5.82 Å². The van der Waals surface area contributed by atoms with Gasteiger partial charge in [-0.2, -0.15) is 0 Å². The maximum atomic E-state index is 12.9. The SMILES string of the molecule is Cc1noc(C2CC2)c1N[C@H](C)CCc1ccc(F)cc1. The fourth-order valence-electron chi connectivity index (χ4n) is 2.54. The van der Waals surface area contributed by atoms with E-state index in [0.29, 0.717) is 12.0 Å². The molecule has 1 fully saturated rings. The van der Waals surface area contributed by atoms with Gasteiger partial charge in [-0.15, -0.1) is 0 Å². The van der Waals surface area contributed by atoms with Gasteiger partial charge in [0.05, 0.1) is 0 Å². The third kappa shape index (κ3) is 3.43. The number of nitrogens with zero attached hydrogens (tertiary/aromatic N) is 1. The Morgan fingerprint density at radius 1 is 1.33 bits per heavy atom. The number of hydrogen-bond acceptors (Lipinski definition) is 3. The molecule has 3 rings (SSSR count). The first-order chi connectivity index (χ1) is 10.1. The highest BCUT2D eigenvalue weighted by Gasteiger charge is 2.31. The van der Waals surface area contributed by atoms with Crippen molar-refractivity contribution in [2.75, 3.05) is 5.32 Å². The predicted octanol–water partition coefficient (Wildman–Crippen LogP) is 4.43. The maximum absolute atomic E-state index is 12.9. The summed E-state index contributed by atoms with van der Waals surface area (Å²) in [6.45, 7) is 4.14. The summed E-state index contributed by atoms with van der Waals surface area (Å²) in [5.74, 6) is 1.39. The van der Waals surface area contributed by atoms with Crippen LogP contribution in [0, 0.1) is 12.7 Å². The van der Waals surface area contributed by atoms with Gasteiger partial charge < -0.3 is 9.84 Å². The molecule has 0 unspecified atom stereocenters. The van der Waals surface area contributed by atoms with Gasteiger partial charge in [-0.1, -0.05) is 17.3 Å². The molecule has 1 aliphatic carbocycles. The van der Waals surface area contributed by atoms with Crippen LogP contribution in [0.3, 0.4) is 0 Å². The summed E-state index contributed by atoms with van der Waals surface area (Å²) in [5.41, 5.74) is 3.17. The Balaban J connectivity index is 1.57. The molecule has 1 saturated carbocycles. The molecule has 3 nitrogen and oxygen atoms in total. The van der Waals surface area contributed by atoms with Crippen LogP contribution in [-0.4, -0.2) is 11.2 Å². The third-order valence-electron chi connectivity index (χ3n) is 4.01. The first kappa shape index (κ1) is 14.1. The molecule has 2 aromatic rings. The number of nitrogens with one attached hydrogen (secondary N) is 1. The Bertz CT molecular complexity index is 602. The van der Waals surface area contributed by atoms with Gasteiger partial charge >= 0.3 is 0 Å². The fraction of sp³-hybridized carbons (Fsp3) is 0.471. The molecule has 4 heteroatoms. The van der Waals surface area contributed by atoms with E-state index in [1.54, 1.807) is 0 Å². The molecule has 1 aliphatic rings. The average Bonchev–Trinajstić information content (AvgIpc) is 3.25. The van der Waals surface area contributed by atoms with Crippen LogP contribution in [0.5, 0.6) is 0 Å². The molecule has 21 heavy (non-hydrogen) atoms. The minimum absolute atomic E-state index is 0.181. The largest absolute Gasteiger partial charge is 0.378 e. The van der Waals surface area contributed by atoms with Gasteiger partial charge in [0, 0.05) is 12.0 Å². The van der Waals surface area contributed by atoms with Crippen LogP contribution in [-0.2, 0) is 6.42 Å². The Hall–Kier alpha value is -1.84. The van der Waals surface area contributed by atoms with E-state index < -0.39 is 0 Å². The molecular weight excluding hydrogens is 267 g/mol. The van der Waals surface area contributed by atoms with E-state index in [9.17, 15) is 4.39 Å². The van der Waals surface area contributed by atoms with Crippen molar-refractivity contribution in [2.24, 2.45) is 0 Å². The zero-order valence-corrected chi connectivity index (χ0v) is 12.5. The molecular formula is C17H21FN2O. The molecule has 1 N–H and O–H groups in total. The molecule has 1 aromatic carbocycles. The summed E-state index contributed by atoms with van der Waals surface area (Å²) in [6, 6.07) is 7.06. The molecule has 0 spiro atoms. The minimum Gasteiger partial charge on any atom is -0.378 e. The van der Waals surface area contributed by atoms with Crippen LogP contribution < -0.4 is 5.32 Å². The van der Waals surface area contributed by atoms with E-state index in [2.05, 4.69) is 17.4 Å². The fourth-order valence-corrected chi connectivity index (χ4v) is 2.54. The van der Waals surface area contributed by atoms with Crippen LogP contribution in [0.2, 0.25) is 0 Å². The smallest absolute Gasteiger partial charge is 0.163 e. The van der Waals surface area contributed by atoms with Crippen LogP contribution >= 0.6 is 0 Å². The third-order valence-corrected chi connectivity index (χ3v) is 4.01. The van der Waals surface area contributed by atoms with Gasteiger partial charge in [0.1, 0.15) is 17.2 Å². The van der Waals surface area contributed by atoms with Gasteiger partial charge in [-0.3, -0.25) is 0 Å². The topological polar surface area (TPSA) is 38.1 Å². The molecule has 1 heterocycles. The van der Waals surface area contributed by atoms with E-state index in [1.165, 1.54) is 25.0 Å². The Morgan fingerprint density at radius 3 is 2.71 bits per heavy atom. The second-order valence-electron chi connectivity index (χ2n) is 5.99. The van der Waals surface area contributed by atoms with Crippen molar-refractivity contribution in [1.29, 1.82) is 0 Å². The first-order valence-corrected chi connectivity index (χ1v) is 7.60. The standard InChI is InChI=1S/C17H21FN2O/c1-11(3-4-13-5-9-15(18)10-6-13)19-16-12(2)20-21-17(16)14-7-8-14/h5-6,9-11,14,19H,3-4,7-8H2,1-2H3/t11-/m1/s1. The molecule has 0 amide bonds. The van der Waals surface area contributed by atoms with E-state index in [0.717, 1.165) is 35.5 Å². The molecule has 1 atom stereocenters.